The monoisotopic (exact) mass is 538 g/mol. The molecule has 3 aromatic carbocycles. The lowest BCUT2D eigenvalue weighted by Gasteiger charge is -2.43. The molecule has 6 aromatic rings. The summed E-state index contributed by atoms with van der Waals surface area (Å²) in [5, 5.41) is 5.46. The van der Waals surface area contributed by atoms with E-state index in [2.05, 4.69) is 91.9 Å². The van der Waals surface area contributed by atoms with Gasteiger partial charge in [-0.25, -0.2) is 0 Å². The molecule has 0 unspecified atom stereocenters. The molecule has 2 aliphatic rings. The maximum atomic E-state index is 4.88. The molecule has 0 aliphatic heterocycles. The SMILES string of the molecule is CC(C)(C)Cc1ccnc(-c2cccc3c2c2cccc4c5cc(C6CCC7(CCCCC7)CC6)ccc5n3c42)c1. The van der Waals surface area contributed by atoms with E-state index in [-0.39, 0.29) is 5.41 Å². The van der Waals surface area contributed by atoms with Gasteiger partial charge in [0.2, 0.25) is 0 Å². The number of nitrogens with zero attached hydrogens (tertiary/aromatic N) is 2. The Kier molecular flexibility index (Phi) is 5.75. The van der Waals surface area contributed by atoms with Gasteiger partial charge in [0, 0.05) is 33.3 Å². The van der Waals surface area contributed by atoms with Crippen molar-refractivity contribution < 1.29 is 0 Å². The number of hydrogen-bond acceptors (Lipinski definition) is 1. The highest BCUT2D eigenvalue weighted by molar-refractivity contribution is 6.25. The number of fused-ring (bicyclic) bond motifs is 6. The summed E-state index contributed by atoms with van der Waals surface area (Å²) < 4.78 is 2.53. The maximum absolute atomic E-state index is 4.88. The average molecular weight is 539 g/mol. The smallest absolute Gasteiger partial charge is 0.0711 e. The van der Waals surface area contributed by atoms with Crippen molar-refractivity contribution in [3.63, 3.8) is 0 Å². The standard InChI is InChI=1S/C39H42N2/c1-38(2,3)25-26-17-22-40-33(23-26)30-10-8-12-35-36(30)31-11-7-9-29-32-24-28(13-14-34(32)41(35)37(29)31)27-15-20-39(21-16-27)18-5-4-6-19-39/h7-14,17,22-24,27H,4-6,15-16,18-21,25H2,1-3H3. The molecule has 0 atom stereocenters. The summed E-state index contributed by atoms with van der Waals surface area (Å²) in [6, 6.07) is 25.6. The molecule has 0 amide bonds. The quantitative estimate of drug-likeness (QED) is 0.219. The van der Waals surface area contributed by atoms with Gasteiger partial charge in [0.15, 0.2) is 0 Å². The zero-order valence-corrected chi connectivity index (χ0v) is 25.0. The summed E-state index contributed by atoms with van der Waals surface area (Å²) in [4.78, 5) is 4.88. The van der Waals surface area contributed by atoms with Gasteiger partial charge in [-0.2, -0.15) is 0 Å². The van der Waals surface area contributed by atoms with E-state index >= 15 is 0 Å². The van der Waals surface area contributed by atoms with Gasteiger partial charge in [-0.1, -0.05) is 76.4 Å². The molecule has 3 aromatic heterocycles. The normalized spacial score (nSPS) is 18.4. The second kappa shape index (κ2) is 9.31. The van der Waals surface area contributed by atoms with Crippen molar-refractivity contribution in [1.82, 2.24) is 9.38 Å². The third-order valence-corrected chi connectivity index (χ3v) is 10.6. The fraction of sp³-hybridized carbons (Fsp3) is 0.410. The first-order chi connectivity index (χ1) is 19.9. The van der Waals surface area contributed by atoms with Crippen molar-refractivity contribution in [1.29, 1.82) is 0 Å². The Morgan fingerprint density at radius 3 is 2.37 bits per heavy atom. The van der Waals surface area contributed by atoms with Gasteiger partial charge in [-0.3, -0.25) is 4.98 Å². The number of hydrogen-bond donors (Lipinski definition) is 0. The Hall–Kier alpha value is -3.39. The van der Waals surface area contributed by atoms with E-state index in [0.717, 1.165) is 12.1 Å². The predicted octanol–water partition coefficient (Wildman–Crippen LogP) is 11.1. The molecular formula is C39H42N2. The summed E-state index contributed by atoms with van der Waals surface area (Å²) in [6.07, 6.45) is 16.0. The maximum Gasteiger partial charge on any atom is 0.0711 e. The molecule has 0 saturated heterocycles. The topological polar surface area (TPSA) is 17.3 Å². The van der Waals surface area contributed by atoms with Crippen molar-refractivity contribution in [3.05, 3.63) is 84.1 Å². The molecule has 1 spiro atoms. The van der Waals surface area contributed by atoms with Crippen LogP contribution in [0.4, 0.5) is 0 Å². The van der Waals surface area contributed by atoms with Crippen LogP contribution >= 0.6 is 0 Å². The molecule has 208 valence electrons. The molecular weight excluding hydrogens is 496 g/mol. The zero-order chi connectivity index (χ0) is 27.8. The summed E-state index contributed by atoms with van der Waals surface area (Å²) in [6.45, 7) is 6.91. The first-order valence-electron chi connectivity index (χ1n) is 16.1. The average Bonchev–Trinajstić information content (AvgIpc) is 3.49. The second-order valence-electron chi connectivity index (χ2n) is 14.6. The summed E-state index contributed by atoms with van der Waals surface area (Å²) in [7, 11) is 0. The summed E-state index contributed by atoms with van der Waals surface area (Å²) in [5.74, 6) is 0.710. The minimum absolute atomic E-state index is 0.244. The van der Waals surface area contributed by atoms with E-state index in [1.54, 1.807) is 5.56 Å². The van der Waals surface area contributed by atoms with Crippen LogP contribution in [-0.2, 0) is 6.42 Å². The lowest BCUT2D eigenvalue weighted by Crippen LogP contribution is -2.29. The van der Waals surface area contributed by atoms with E-state index < -0.39 is 0 Å². The fourth-order valence-electron chi connectivity index (χ4n) is 8.72. The van der Waals surface area contributed by atoms with Gasteiger partial charge < -0.3 is 4.40 Å². The lowest BCUT2D eigenvalue weighted by molar-refractivity contribution is 0.114. The van der Waals surface area contributed by atoms with Crippen LogP contribution in [0, 0.1) is 10.8 Å². The van der Waals surface area contributed by atoms with Crippen molar-refractivity contribution >= 4 is 38.1 Å². The lowest BCUT2D eigenvalue weighted by atomic mass is 9.62. The fourth-order valence-corrected chi connectivity index (χ4v) is 8.72. The number of aromatic nitrogens is 2. The van der Waals surface area contributed by atoms with Crippen LogP contribution in [0.5, 0.6) is 0 Å². The van der Waals surface area contributed by atoms with E-state index in [9.17, 15) is 0 Å². The number of benzene rings is 3. The van der Waals surface area contributed by atoms with Gasteiger partial charge >= 0.3 is 0 Å². The number of pyridine rings is 1. The van der Waals surface area contributed by atoms with Crippen LogP contribution in [0.2, 0.25) is 0 Å². The Labute approximate surface area is 244 Å². The van der Waals surface area contributed by atoms with Crippen molar-refractivity contribution in [3.8, 4) is 11.3 Å². The third-order valence-electron chi connectivity index (χ3n) is 10.6. The van der Waals surface area contributed by atoms with Crippen molar-refractivity contribution in [2.75, 3.05) is 0 Å². The van der Waals surface area contributed by atoms with E-state index in [0.29, 0.717) is 11.3 Å². The van der Waals surface area contributed by atoms with Crippen LogP contribution in [0.1, 0.15) is 95.6 Å². The van der Waals surface area contributed by atoms with Gasteiger partial charge in [0.1, 0.15) is 0 Å². The Bertz CT molecular complexity index is 1880. The van der Waals surface area contributed by atoms with Crippen LogP contribution in [0.15, 0.2) is 72.9 Å². The van der Waals surface area contributed by atoms with E-state index in [1.807, 2.05) is 6.20 Å². The highest BCUT2D eigenvalue weighted by atomic mass is 14.9. The van der Waals surface area contributed by atoms with Gasteiger partial charge in [0.25, 0.3) is 0 Å². The molecule has 0 N–H and O–H groups in total. The highest BCUT2D eigenvalue weighted by Gasteiger charge is 2.36. The molecule has 2 nitrogen and oxygen atoms in total. The van der Waals surface area contributed by atoms with Crippen LogP contribution < -0.4 is 0 Å². The molecule has 8 rings (SSSR count). The zero-order valence-electron chi connectivity index (χ0n) is 25.0. The Morgan fingerprint density at radius 2 is 1.56 bits per heavy atom. The summed E-state index contributed by atoms with van der Waals surface area (Å²) in [5.41, 5.74) is 10.1. The first kappa shape index (κ1) is 25.3. The van der Waals surface area contributed by atoms with Crippen LogP contribution in [-0.4, -0.2) is 9.38 Å². The van der Waals surface area contributed by atoms with Gasteiger partial charge in [0.05, 0.1) is 22.2 Å². The Morgan fingerprint density at radius 1 is 0.780 bits per heavy atom. The minimum atomic E-state index is 0.244. The first-order valence-corrected chi connectivity index (χ1v) is 16.1. The highest BCUT2D eigenvalue weighted by Crippen LogP contribution is 2.51. The molecule has 41 heavy (non-hydrogen) atoms. The third kappa shape index (κ3) is 4.17. The van der Waals surface area contributed by atoms with Crippen molar-refractivity contribution in [2.24, 2.45) is 10.8 Å². The second-order valence-corrected chi connectivity index (χ2v) is 14.6. The predicted molar refractivity (Wildman–Crippen MR) is 174 cm³/mol. The van der Waals surface area contributed by atoms with E-state index in [4.69, 9.17) is 4.98 Å². The van der Waals surface area contributed by atoms with Gasteiger partial charge in [-0.15, -0.1) is 0 Å². The summed E-state index contributed by atoms with van der Waals surface area (Å²) >= 11 is 0. The molecule has 0 bridgehead atoms. The minimum Gasteiger partial charge on any atom is -0.308 e. The van der Waals surface area contributed by atoms with Crippen LogP contribution in [0.3, 0.4) is 0 Å². The van der Waals surface area contributed by atoms with Gasteiger partial charge in [-0.05, 0) is 103 Å². The molecule has 2 fully saturated rings. The molecule has 2 saturated carbocycles. The van der Waals surface area contributed by atoms with Crippen molar-refractivity contribution in [2.45, 2.75) is 90.9 Å². The van der Waals surface area contributed by atoms with Crippen LogP contribution in [0.25, 0.3) is 49.4 Å². The molecule has 0 radical (unpaired) electrons. The number of rotatable bonds is 3. The molecule has 2 aliphatic carbocycles. The van der Waals surface area contributed by atoms with E-state index in [1.165, 1.54) is 107 Å². The Balaban J connectivity index is 1.23. The molecule has 2 heteroatoms. The number of para-hydroxylation sites is 1. The molecule has 3 heterocycles. The largest absolute Gasteiger partial charge is 0.308 e.